The molecule has 0 radical (unpaired) electrons. The Kier molecular flexibility index (Phi) is 7.96. The van der Waals surface area contributed by atoms with Crippen molar-refractivity contribution in [2.45, 2.75) is 43.7 Å². The number of hydrogen-bond acceptors (Lipinski definition) is 7. The van der Waals surface area contributed by atoms with Crippen LogP contribution in [0.5, 0.6) is 23.0 Å². The number of anilines is 1. The first-order chi connectivity index (χ1) is 18.5. The number of nitrogens with zero attached hydrogens (tertiary/aromatic N) is 1. The maximum atomic E-state index is 13.9. The first kappa shape index (κ1) is 28.1. The largest absolute Gasteiger partial charge is 0.497 e. The third-order valence-electron chi connectivity index (χ3n) is 6.55. The number of sulfonamides is 1. The van der Waals surface area contributed by atoms with Crippen molar-refractivity contribution in [1.82, 2.24) is 5.32 Å². The first-order valence-electron chi connectivity index (χ1n) is 12.4. The van der Waals surface area contributed by atoms with Gasteiger partial charge in [-0.25, -0.2) is 8.42 Å². The lowest BCUT2D eigenvalue weighted by Crippen LogP contribution is -2.50. The van der Waals surface area contributed by atoms with Crippen molar-refractivity contribution in [3.8, 4) is 23.0 Å². The Balaban J connectivity index is 1.64. The summed E-state index contributed by atoms with van der Waals surface area (Å²) in [4.78, 5) is 13.3. The summed E-state index contributed by atoms with van der Waals surface area (Å²) in [7, 11) is 0.577. The molecule has 0 aromatic heterocycles. The second-order valence-corrected chi connectivity index (χ2v) is 12.0. The summed E-state index contributed by atoms with van der Waals surface area (Å²) in [5.41, 5.74) is 1.89. The van der Waals surface area contributed by atoms with Crippen LogP contribution in [-0.2, 0) is 26.8 Å². The van der Waals surface area contributed by atoms with Crippen molar-refractivity contribution in [2.24, 2.45) is 0 Å². The quantitative estimate of drug-likeness (QED) is 0.443. The predicted octanol–water partition coefficient (Wildman–Crippen LogP) is 4.28. The third kappa shape index (κ3) is 5.90. The smallest absolute Gasteiger partial charge is 0.264 e. The van der Waals surface area contributed by atoms with Gasteiger partial charge in [-0.15, -0.1) is 0 Å². The van der Waals surface area contributed by atoms with Gasteiger partial charge in [-0.3, -0.25) is 9.10 Å². The molecule has 9 nitrogen and oxygen atoms in total. The molecule has 1 aliphatic heterocycles. The van der Waals surface area contributed by atoms with Gasteiger partial charge in [0.15, 0.2) is 17.6 Å². The Labute approximate surface area is 229 Å². The van der Waals surface area contributed by atoms with E-state index in [-0.39, 0.29) is 23.4 Å². The van der Waals surface area contributed by atoms with Crippen molar-refractivity contribution in [1.29, 1.82) is 0 Å². The molecule has 1 aliphatic rings. The van der Waals surface area contributed by atoms with Gasteiger partial charge in [-0.05, 0) is 65.1 Å². The lowest BCUT2D eigenvalue weighted by atomic mass is 9.86. The van der Waals surface area contributed by atoms with Gasteiger partial charge in [0.05, 0.1) is 38.5 Å². The molecule has 0 spiro atoms. The molecule has 0 bridgehead atoms. The van der Waals surface area contributed by atoms with Crippen molar-refractivity contribution < 1.29 is 32.2 Å². The third-order valence-corrected chi connectivity index (χ3v) is 8.34. The SMILES string of the molecule is COc1ccc(S(=O)(=O)N2C[C@@H](C(=O)NCc3ccc(OC)c(OC)c3)Oc3ccc(C(C)(C)C)cc32)cc1. The van der Waals surface area contributed by atoms with E-state index in [2.05, 4.69) is 5.32 Å². The molecule has 3 aromatic rings. The van der Waals surface area contributed by atoms with Crippen LogP contribution >= 0.6 is 0 Å². The van der Waals surface area contributed by atoms with Gasteiger partial charge in [0.1, 0.15) is 11.5 Å². The number of carbonyl (C=O) groups excluding carboxylic acids is 1. The Morgan fingerprint density at radius 2 is 1.64 bits per heavy atom. The van der Waals surface area contributed by atoms with E-state index in [9.17, 15) is 13.2 Å². The number of amides is 1. The molecule has 39 heavy (non-hydrogen) atoms. The number of methoxy groups -OCH3 is 3. The molecule has 0 aliphatic carbocycles. The van der Waals surface area contributed by atoms with E-state index in [1.807, 2.05) is 39.0 Å². The summed E-state index contributed by atoms with van der Waals surface area (Å²) < 4.78 is 50.8. The van der Waals surface area contributed by atoms with Crippen molar-refractivity contribution in [3.63, 3.8) is 0 Å². The average molecular weight is 555 g/mol. The maximum Gasteiger partial charge on any atom is 0.264 e. The molecule has 208 valence electrons. The van der Waals surface area contributed by atoms with Crippen molar-refractivity contribution >= 4 is 21.6 Å². The van der Waals surface area contributed by atoms with Gasteiger partial charge in [-0.2, -0.15) is 0 Å². The van der Waals surface area contributed by atoms with Crippen LogP contribution in [0.3, 0.4) is 0 Å². The lowest BCUT2D eigenvalue weighted by Gasteiger charge is -2.36. The zero-order chi connectivity index (χ0) is 28.4. The molecule has 1 amide bonds. The molecule has 10 heteroatoms. The first-order valence-corrected chi connectivity index (χ1v) is 13.9. The highest BCUT2D eigenvalue weighted by atomic mass is 32.2. The van der Waals surface area contributed by atoms with E-state index in [4.69, 9.17) is 18.9 Å². The van der Waals surface area contributed by atoms with Crippen LogP contribution in [0.2, 0.25) is 0 Å². The van der Waals surface area contributed by atoms with Crippen LogP contribution < -0.4 is 28.6 Å². The highest BCUT2D eigenvalue weighted by molar-refractivity contribution is 7.92. The van der Waals surface area contributed by atoms with Gasteiger partial charge in [0.2, 0.25) is 0 Å². The molecule has 1 heterocycles. The summed E-state index contributed by atoms with van der Waals surface area (Å²) >= 11 is 0. The van der Waals surface area contributed by atoms with Gasteiger partial charge in [0, 0.05) is 6.54 Å². The molecule has 0 unspecified atom stereocenters. The predicted molar refractivity (Wildman–Crippen MR) is 148 cm³/mol. The van der Waals surface area contributed by atoms with E-state index in [1.54, 1.807) is 37.4 Å². The standard InChI is InChI=1S/C29H34N2O7S/c1-29(2,3)20-8-14-24-23(16-20)31(39(33,34)22-11-9-21(35-4)10-12-22)18-27(38-24)28(32)30-17-19-7-13-25(36-5)26(15-19)37-6/h7-16,27H,17-18H2,1-6H3,(H,30,32)/t27-/m0/s1. The van der Waals surface area contributed by atoms with Crippen molar-refractivity contribution in [3.05, 3.63) is 71.8 Å². The monoisotopic (exact) mass is 554 g/mol. The zero-order valence-corrected chi connectivity index (χ0v) is 23.8. The highest BCUT2D eigenvalue weighted by Gasteiger charge is 2.38. The Bertz CT molecular complexity index is 1450. The van der Waals surface area contributed by atoms with Crippen LogP contribution in [0.1, 0.15) is 31.9 Å². The van der Waals surface area contributed by atoms with Crippen LogP contribution in [0.25, 0.3) is 0 Å². The normalized spacial score (nSPS) is 15.1. The summed E-state index contributed by atoms with van der Waals surface area (Å²) in [5.74, 6) is 1.54. The Morgan fingerprint density at radius 3 is 2.26 bits per heavy atom. The molecule has 0 fully saturated rings. The van der Waals surface area contributed by atoms with Crippen LogP contribution in [0.15, 0.2) is 65.6 Å². The number of fused-ring (bicyclic) bond motifs is 1. The van der Waals surface area contributed by atoms with Gasteiger partial charge in [0.25, 0.3) is 15.9 Å². The fourth-order valence-electron chi connectivity index (χ4n) is 4.25. The van der Waals surface area contributed by atoms with E-state index < -0.39 is 22.0 Å². The zero-order valence-electron chi connectivity index (χ0n) is 23.0. The van der Waals surface area contributed by atoms with Gasteiger partial charge < -0.3 is 24.3 Å². The number of nitrogens with one attached hydrogen (secondary N) is 1. The second-order valence-electron chi connectivity index (χ2n) is 10.2. The van der Waals surface area contributed by atoms with E-state index in [0.29, 0.717) is 28.7 Å². The van der Waals surface area contributed by atoms with E-state index >= 15 is 0 Å². The topological polar surface area (TPSA) is 103 Å². The molecule has 3 aromatic carbocycles. The fourth-order valence-corrected chi connectivity index (χ4v) is 5.72. The van der Waals surface area contributed by atoms with Crippen LogP contribution in [0, 0.1) is 0 Å². The molecular weight excluding hydrogens is 520 g/mol. The van der Waals surface area contributed by atoms with Crippen LogP contribution in [0.4, 0.5) is 5.69 Å². The summed E-state index contributed by atoms with van der Waals surface area (Å²) in [6.07, 6.45) is -1.06. The summed E-state index contributed by atoms with van der Waals surface area (Å²) in [6.45, 7) is 6.15. The molecule has 1 N–H and O–H groups in total. The minimum absolute atomic E-state index is 0.0850. The van der Waals surface area contributed by atoms with Crippen molar-refractivity contribution in [2.75, 3.05) is 32.2 Å². The Morgan fingerprint density at radius 1 is 0.949 bits per heavy atom. The maximum absolute atomic E-state index is 13.9. The van der Waals surface area contributed by atoms with Gasteiger partial charge in [-0.1, -0.05) is 32.9 Å². The molecule has 0 saturated carbocycles. The molecule has 4 rings (SSSR count). The molecular formula is C29H34N2O7S. The van der Waals surface area contributed by atoms with E-state index in [1.165, 1.54) is 30.7 Å². The van der Waals surface area contributed by atoms with Gasteiger partial charge >= 0.3 is 0 Å². The number of rotatable bonds is 8. The molecule has 1 atom stereocenters. The summed E-state index contributed by atoms with van der Waals surface area (Å²) in [5, 5.41) is 2.85. The highest BCUT2D eigenvalue weighted by Crippen LogP contribution is 2.40. The molecule has 0 saturated heterocycles. The number of ether oxygens (including phenoxy) is 4. The van der Waals surface area contributed by atoms with Crippen LogP contribution in [-0.4, -0.2) is 48.3 Å². The number of carbonyl (C=O) groups is 1. The minimum Gasteiger partial charge on any atom is -0.497 e. The lowest BCUT2D eigenvalue weighted by molar-refractivity contribution is -0.127. The minimum atomic E-state index is -4.03. The number of benzene rings is 3. The second kappa shape index (κ2) is 11.1. The fraction of sp³-hybridized carbons (Fsp3) is 0.345. The average Bonchev–Trinajstić information content (AvgIpc) is 2.94. The van der Waals surface area contributed by atoms with E-state index in [0.717, 1.165) is 11.1 Å². The Hall–Kier alpha value is -3.92. The number of hydrogen-bond donors (Lipinski definition) is 1. The summed E-state index contributed by atoms with van der Waals surface area (Å²) in [6, 6.07) is 16.9.